The summed E-state index contributed by atoms with van der Waals surface area (Å²) in [5.41, 5.74) is 6.31. The molecule has 0 radical (unpaired) electrons. The van der Waals surface area contributed by atoms with Gasteiger partial charge in [-0.15, -0.1) is 22.7 Å². The van der Waals surface area contributed by atoms with Crippen LogP contribution in [0.5, 0.6) is 0 Å². The van der Waals surface area contributed by atoms with Crippen LogP contribution >= 0.6 is 22.7 Å². The first-order valence-corrected chi connectivity index (χ1v) is 8.18. The van der Waals surface area contributed by atoms with Crippen molar-refractivity contribution >= 4 is 28.6 Å². The highest BCUT2D eigenvalue weighted by Crippen LogP contribution is 2.25. The molecule has 0 aliphatic rings. The summed E-state index contributed by atoms with van der Waals surface area (Å²) in [7, 11) is 0. The van der Waals surface area contributed by atoms with E-state index in [2.05, 4.69) is 22.1 Å². The summed E-state index contributed by atoms with van der Waals surface area (Å²) < 4.78 is 0. The molecule has 0 saturated carbocycles. The van der Waals surface area contributed by atoms with Gasteiger partial charge in [0.25, 0.3) is 5.91 Å². The van der Waals surface area contributed by atoms with Crippen molar-refractivity contribution in [3.05, 3.63) is 37.5 Å². The van der Waals surface area contributed by atoms with Gasteiger partial charge < -0.3 is 11.1 Å². The normalized spacial score (nSPS) is 11.6. The van der Waals surface area contributed by atoms with E-state index >= 15 is 0 Å². The van der Waals surface area contributed by atoms with Crippen LogP contribution in [0.2, 0.25) is 0 Å². The van der Waals surface area contributed by atoms with E-state index in [1.165, 1.54) is 11.3 Å². The van der Waals surface area contributed by atoms with Crippen molar-refractivity contribution in [3.8, 4) is 11.8 Å². The van der Waals surface area contributed by atoms with E-state index in [0.29, 0.717) is 11.4 Å². The van der Waals surface area contributed by atoms with Crippen LogP contribution in [0.25, 0.3) is 0 Å². The van der Waals surface area contributed by atoms with Gasteiger partial charge in [-0.25, -0.2) is 4.98 Å². The van der Waals surface area contributed by atoms with Gasteiger partial charge in [0.05, 0.1) is 33.0 Å². The molecule has 0 aliphatic carbocycles. The molecule has 21 heavy (non-hydrogen) atoms. The van der Waals surface area contributed by atoms with Crippen molar-refractivity contribution < 1.29 is 4.79 Å². The summed E-state index contributed by atoms with van der Waals surface area (Å²) >= 11 is 2.99. The average Bonchev–Trinajstić information content (AvgIpc) is 3.03. The van der Waals surface area contributed by atoms with Crippen LogP contribution in [0.1, 0.15) is 43.1 Å². The van der Waals surface area contributed by atoms with Crippen LogP contribution < -0.4 is 11.1 Å². The first kappa shape index (κ1) is 15.7. The maximum Gasteiger partial charge on any atom is 0.261 e. The molecule has 1 unspecified atom stereocenters. The number of carbonyl (C=O) groups excluding carboxylic acids is 1. The van der Waals surface area contributed by atoms with Gasteiger partial charge >= 0.3 is 0 Å². The molecule has 0 saturated heterocycles. The van der Waals surface area contributed by atoms with Crippen LogP contribution in [0.4, 0.5) is 0 Å². The van der Waals surface area contributed by atoms with Crippen molar-refractivity contribution in [3.63, 3.8) is 0 Å². The fourth-order valence-electron chi connectivity index (χ4n) is 1.95. The molecule has 0 fully saturated rings. The highest BCUT2D eigenvalue weighted by molar-refractivity contribution is 7.14. The number of amides is 1. The maximum atomic E-state index is 12.2. The van der Waals surface area contributed by atoms with Crippen LogP contribution in [-0.4, -0.2) is 17.4 Å². The van der Waals surface area contributed by atoms with E-state index in [4.69, 9.17) is 5.73 Å². The minimum Gasteiger partial charge on any atom is -0.344 e. The zero-order valence-electron chi connectivity index (χ0n) is 12.2. The van der Waals surface area contributed by atoms with Crippen LogP contribution in [-0.2, 0) is 0 Å². The third-order valence-electron chi connectivity index (χ3n) is 2.82. The van der Waals surface area contributed by atoms with Gasteiger partial charge in [0.15, 0.2) is 0 Å². The Balaban J connectivity index is 2.07. The highest BCUT2D eigenvalue weighted by Gasteiger charge is 2.17. The first-order chi connectivity index (χ1) is 10.0. The van der Waals surface area contributed by atoms with Crippen LogP contribution in [0.3, 0.4) is 0 Å². The second-order valence-electron chi connectivity index (χ2n) is 4.55. The fraction of sp³-hybridized carbons (Fsp3) is 0.333. The lowest BCUT2D eigenvalue weighted by Gasteiger charge is -2.11. The van der Waals surface area contributed by atoms with Crippen molar-refractivity contribution in [1.29, 1.82) is 0 Å². The van der Waals surface area contributed by atoms with Gasteiger partial charge in [-0.1, -0.05) is 11.8 Å². The molecule has 110 valence electrons. The third-order valence-corrected chi connectivity index (χ3v) is 5.08. The Kier molecular flexibility index (Phi) is 5.12. The smallest absolute Gasteiger partial charge is 0.261 e. The average molecular weight is 319 g/mol. The predicted molar refractivity (Wildman–Crippen MR) is 87.7 cm³/mol. The van der Waals surface area contributed by atoms with E-state index in [9.17, 15) is 4.79 Å². The lowest BCUT2D eigenvalue weighted by Crippen LogP contribution is -2.25. The number of thiophene rings is 1. The Morgan fingerprint density at radius 1 is 1.43 bits per heavy atom. The molecule has 1 amide bonds. The van der Waals surface area contributed by atoms with E-state index in [-0.39, 0.29) is 11.9 Å². The second-order valence-corrected chi connectivity index (χ2v) is 6.87. The number of nitrogens with zero attached hydrogens (tertiary/aromatic N) is 1. The van der Waals surface area contributed by atoms with Gasteiger partial charge in [0.2, 0.25) is 0 Å². The third kappa shape index (κ3) is 3.91. The molecule has 0 bridgehead atoms. The number of rotatable bonds is 3. The molecule has 2 aromatic rings. The number of thiazole rings is 1. The largest absolute Gasteiger partial charge is 0.344 e. The van der Waals surface area contributed by atoms with Crippen molar-refractivity contribution in [2.75, 3.05) is 6.54 Å². The quantitative estimate of drug-likeness (QED) is 0.855. The van der Waals surface area contributed by atoms with Gasteiger partial charge in [-0.05, 0) is 32.9 Å². The number of hydrogen-bond acceptors (Lipinski definition) is 5. The summed E-state index contributed by atoms with van der Waals surface area (Å²) in [5.74, 6) is 5.63. The molecule has 0 spiro atoms. The maximum absolute atomic E-state index is 12.2. The van der Waals surface area contributed by atoms with E-state index < -0.39 is 0 Å². The molecule has 0 aliphatic heterocycles. The number of nitrogens with two attached hydrogens (primary N) is 1. The summed E-state index contributed by atoms with van der Waals surface area (Å²) in [6.07, 6.45) is 0. The van der Waals surface area contributed by atoms with Gasteiger partial charge in [0, 0.05) is 4.88 Å². The number of carbonyl (C=O) groups is 1. The van der Waals surface area contributed by atoms with Gasteiger partial charge in [-0.2, -0.15) is 0 Å². The Labute approximate surface area is 132 Å². The lowest BCUT2D eigenvalue weighted by molar-refractivity contribution is 0.0944. The summed E-state index contributed by atoms with van der Waals surface area (Å²) in [6, 6.07) is 3.58. The Morgan fingerprint density at radius 2 is 2.19 bits per heavy atom. The van der Waals surface area contributed by atoms with E-state index in [0.717, 1.165) is 20.5 Å². The fourth-order valence-corrected chi connectivity index (χ4v) is 3.66. The van der Waals surface area contributed by atoms with Gasteiger partial charge in [0.1, 0.15) is 0 Å². The standard InChI is InChI=1S/C15H17N3OS2/c1-9-14(20-11(3)17-9)10(2)18-15(19)13-7-6-12(21-13)5-4-8-16/h6-7,10H,8,16H2,1-3H3,(H,18,19). The van der Waals surface area contributed by atoms with Crippen LogP contribution in [0, 0.1) is 25.7 Å². The molecule has 4 nitrogen and oxygen atoms in total. The predicted octanol–water partition coefficient (Wildman–Crippen LogP) is 2.62. The SMILES string of the molecule is Cc1nc(C)c(C(C)NC(=O)c2ccc(C#CCN)s2)s1. The number of aryl methyl sites for hydroxylation is 2. The molecule has 2 rings (SSSR count). The molecule has 1 atom stereocenters. The minimum absolute atomic E-state index is 0.0515. The molecule has 6 heteroatoms. The van der Waals surface area contributed by atoms with Crippen molar-refractivity contribution in [1.82, 2.24) is 10.3 Å². The summed E-state index contributed by atoms with van der Waals surface area (Å²) in [6.45, 7) is 6.23. The topological polar surface area (TPSA) is 68.0 Å². The molecular weight excluding hydrogens is 302 g/mol. The summed E-state index contributed by atoms with van der Waals surface area (Å²) in [5, 5.41) is 4.02. The number of nitrogens with one attached hydrogen (secondary N) is 1. The lowest BCUT2D eigenvalue weighted by atomic mass is 10.2. The molecule has 2 aromatic heterocycles. The zero-order valence-corrected chi connectivity index (χ0v) is 13.8. The molecule has 0 aromatic carbocycles. The molecule has 2 heterocycles. The monoisotopic (exact) mass is 319 g/mol. The summed E-state index contributed by atoms with van der Waals surface area (Å²) in [4.78, 5) is 19.2. The van der Waals surface area contributed by atoms with Crippen molar-refractivity contribution in [2.24, 2.45) is 5.73 Å². The zero-order chi connectivity index (χ0) is 15.4. The molecular formula is C15H17N3OS2. The van der Waals surface area contributed by atoms with Gasteiger partial charge in [-0.3, -0.25) is 4.79 Å². The first-order valence-electron chi connectivity index (χ1n) is 6.55. The minimum atomic E-state index is -0.0845. The van der Waals surface area contributed by atoms with E-state index in [1.807, 2.05) is 26.8 Å². The number of aromatic nitrogens is 1. The second kappa shape index (κ2) is 6.85. The molecule has 3 N–H and O–H groups in total. The number of hydrogen-bond donors (Lipinski definition) is 2. The van der Waals surface area contributed by atoms with Crippen molar-refractivity contribution in [2.45, 2.75) is 26.8 Å². The Bertz CT molecular complexity index is 706. The van der Waals surface area contributed by atoms with E-state index in [1.54, 1.807) is 17.4 Å². The Morgan fingerprint density at radius 3 is 2.81 bits per heavy atom. The van der Waals surface area contributed by atoms with Crippen LogP contribution in [0.15, 0.2) is 12.1 Å². The Hall–Kier alpha value is -1.68. The highest BCUT2D eigenvalue weighted by atomic mass is 32.1.